The summed E-state index contributed by atoms with van der Waals surface area (Å²) >= 11 is 0. The van der Waals surface area contributed by atoms with Crippen LogP contribution in [0.3, 0.4) is 0 Å². The van der Waals surface area contributed by atoms with E-state index in [4.69, 9.17) is 0 Å². The molecule has 3 rings (SSSR count). The van der Waals surface area contributed by atoms with Crippen molar-refractivity contribution in [2.24, 2.45) is 0 Å². The zero-order valence-electron chi connectivity index (χ0n) is 15.9. The topological polar surface area (TPSA) is 43.8 Å². The summed E-state index contributed by atoms with van der Waals surface area (Å²) in [6, 6.07) is 14.4. The van der Waals surface area contributed by atoms with Gasteiger partial charge in [-0.2, -0.15) is 0 Å². The van der Waals surface area contributed by atoms with Crippen LogP contribution >= 0.6 is 0 Å². The number of hydrogen-bond acceptors (Lipinski definition) is 3. The minimum absolute atomic E-state index is 0.0799. The van der Waals surface area contributed by atoms with E-state index in [0.29, 0.717) is 18.4 Å². The van der Waals surface area contributed by atoms with Crippen molar-refractivity contribution in [2.45, 2.75) is 25.7 Å². The van der Waals surface area contributed by atoms with Crippen LogP contribution < -0.4 is 0 Å². The second-order valence-corrected chi connectivity index (χ2v) is 7.23. The molecule has 27 heavy (non-hydrogen) atoms. The molecule has 1 heterocycles. The van der Waals surface area contributed by atoms with E-state index in [1.165, 1.54) is 12.1 Å². The lowest BCUT2D eigenvalue weighted by Crippen LogP contribution is -2.44. The van der Waals surface area contributed by atoms with Gasteiger partial charge in [0.15, 0.2) is 0 Å². The molecule has 2 aromatic rings. The molecule has 1 amide bonds. The number of rotatable bonds is 5. The van der Waals surface area contributed by atoms with Crippen molar-refractivity contribution in [3.8, 4) is 11.1 Å². The van der Waals surface area contributed by atoms with E-state index < -0.39 is 7.05 Å². The molecule has 1 atom stereocenters. The van der Waals surface area contributed by atoms with Crippen molar-refractivity contribution in [2.75, 3.05) is 14.1 Å². The van der Waals surface area contributed by atoms with Crippen molar-refractivity contribution in [3.63, 3.8) is 0 Å². The highest BCUT2D eigenvalue weighted by Crippen LogP contribution is 2.28. The zero-order valence-corrected chi connectivity index (χ0v) is 15.9. The number of benzene rings is 2. The van der Waals surface area contributed by atoms with Crippen molar-refractivity contribution in [1.82, 2.24) is 9.71 Å². The van der Waals surface area contributed by atoms with Gasteiger partial charge in [-0.1, -0.05) is 36.4 Å². The molecular formula is C21H24BFN2O2. The van der Waals surface area contributed by atoms with Crippen LogP contribution in [0.2, 0.25) is 6.82 Å². The first-order valence-electron chi connectivity index (χ1n) is 9.08. The summed E-state index contributed by atoms with van der Waals surface area (Å²) in [5.74, 6) is -0.367. The molecule has 0 unspecified atom stereocenters. The quantitative estimate of drug-likeness (QED) is 0.653. The van der Waals surface area contributed by atoms with Crippen LogP contribution in [0, 0.1) is 5.82 Å². The Hall–Kier alpha value is -2.60. The molecular weight excluding hydrogens is 342 g/mol. The summed E-state index contributed by atoms with van der Waals surface area (Å²) in [7, 11) is 2.93. The molecule has 140 valence electrons. The summed E-state index contributed by atoms with van der Waals surface area (Å²) in [4.78, 5) is 16.0. The molecule has 1 aliphatic rings. The van der Waals surface area contributed by atoms with E-state index in [9.17, 15) is 14.2 Å². The van der Waals surface area contributed by atoms with Crippen LogP contribution in [-0.4, -0.2) is 47.8 Å². The van der Waals surface area contributed by atoms with Gasteiger partial charge in [-0.05, 0) is 48.5 Å². The highest BCUT2D eigenvalue weighted by Gasteiger charge is 2.39. The maximum atomic E-state index is 13.4. The first-order chi connectivity index (χ1) is 12.8. The smallest absolute Gasteiger partial charge is 0.412 e. The summed E-state index contributed by atoms with van der Waals surface area (Å²) in [5.41, 5.74) is 3.56. The molecule has 1 fully saturated rings. The minimum atomic E-state index is -0.831. The monoisotopic (exact) mass is 366 g/mol. The van der Waals surface area contributed by atoms with Crippen LogP contribution in [0.1, 0.15) is 12.0 Å². The largest absolute Gasteiger partial charge is 0.432 e. The van der Waals surface area contributed by atoms with E-state index >= 15 is 0 Å². The first kappa shape index (κ1) is 19.2. The van der Waals surface area contributed by atoms with Crippen LogP contribution in [0.25, 0.3) is 11.1 Å². The Kier molecular flexibility index (Phi) is 5.66. The van der Waals surface area contributed by atoms with Crippen LogP contribution in [-0.2, 0) is 11.2 Å². The predicted molar refractivity (Wildman–Crippen MR) is 106 cm³/mol. The second-order valence-electron chi connectivity index (χ2n) is 7.23. The number of halogens is 1. The predicted octanol–water partition coefficient (Wildman–Crippen LogP) is 3.19. The lowest BCUT2D eigenvalue weighted by atomic mass is 9.83. The molecule has 0 radical (unpaired) electrons. The van der Waals surface area contributed by atoms with Gasteiger partial charge in [-0.25, -0.2) is 4.39 Å². The van der Waals surface area contributed by atoms with Crippen molar-refractivity contribution < 1.29 is 14.2 Å². The molecule has 0 aromatic heterocycles. The van der Waals surface area contributed by atoms with E-state index in [1.807, 2.05) is 55.5 Å². The molecule has 1 N–H and O–H groups in total. The van der Waals surface area contributed by atoms with Gasteiger partial charge in [-0.3, -0.25) is 4.79 Å². The summed E-state index contributed by atoms with van der Waals surface area (Å²) in [6.07, 6.45) is 3.09. The number of nitrogens with zero attached hydrogens (tertiary/aromatic N) is 2. The SMILES string of the molecule is CB(O)N1C(=O)C(=CN(C)C)C[C@H]1Cc1ccc(-c2cccc(F)c2)cc1. The molecule has 4 nitrogen and oxygen atoms in total. The zero-order chi connectivity index (χ0) is 19.6. The summed E-state index contributed by atoms with van der Waals surface area (Å²) in [6.45, 7) is 1.62. The van der Waals surface area contributed by atoms with Gasteiger partial charge >= 0.3 is 7.05 Å². The second kappa shape index (κ2) is 7.97. The van der Waals surface area contributed by atoms with Gasteiger partial charge in [0.05, 0.1) is 0 Å². The molecule has 0 bridgehead atoms. The Morgan fingerprint density at radius 1 is 1.22 bits per heavy atom. The van der Waals surface area contributed by atoms with Crippen LogP contribution in [0.4, 0.5) is 4.39 Å². The van der Waals surface area contributed by atoms with Gasteiger partial charge in [0.2, 0.25) is 5.91 Å². The summed E-state index contributed by atoms with van der Waals surface area (Å²) in [5, 5.41) is 10.1. The Labute approximate surface area is 160 Å². The van der Waals surface area contributed by atoms with Gasteiger partial charge < -0.3 is 14.7 Å². The molecule has 1 saturated heterocycles. The van der Waals surface area contributed by atoms with E-state index in [-0.39, 0.29) is 17.8 Å². The van der Waals surface area contributed by atoms with E-state index in [2.05, 4.69) is 0 Å². The Morgan fingerprint density at radius 3 is 2.52 bits per heavy atom. The van der Waals surface area contributed by atoms with Crippen molar-refractivity contribution >= 4 is 13.0 Å². The summed E-state index contributed by atoms with van der Waals surface area (Å²) < 4.78 is 13.4. The molecule has 0 saturated carbocycles. The fourth-order valence-corrected chi connectivity index (χ4v) is 3.61. The normalized spacial score (nSPS) is 18.3. The lowest BCUT2D eigenvalue weighted by molar-refractivity contribution is -0.122. The Balaban J connectivity index is 1.78. The number of amides is 1. The van der Waals surface area contributed by atoms with Crippen molar-refractivity contribution in [3.05, 3.63) is 71.7 Å². The number of carbonyl (C=O) groups is 1. The fourth-order valence-electron chi connectivity index (χ4n) is 3.61. The Morgan fingerprint density at radius 2 is 1.93 bits per heavy atom. The first-order valence-corrected chi connectivity index (χ1v) is 9.08. The highest BCUT2D eigenvalue weighted by atomic mass is 19.1. The lowest BCUT2D eigenvalue weighted by Gasteiger charge is -2.25. The minimum Gasteiger partial charge on any atom is -0.432 e. The maximum absolute atomic E-state index is 13.4. The van der Waals surface area contributed by atoms with Crippen LogP contribution in [0.5, 0.6) is 0 Å². The molecule has 1 aliphatic heterocycles. The number of carbonyl (C=O) groups excluding carboxylic acids is 1. The molecule has 0 aliphatic carbocycles. The van der Waals surface area contributed by atoms with Gasteiger partial charge in [0.25, 0.3) is 0 Å². The average molecular weight is 366 g/mol. The van der Waals surface area contributed by atoms with Gasteiger partial charge in [0, 0.05) is 31.9 Å². The van der Waals surface area contributed by atoms with E-state index in [1.54, 1.807) is 17.7 Å². The third-order valence-corrected chi connectivity index (χ3v) is 4.76. The fraction of sp³-hybridized carbons (Fsp3) is 0.286. The van der Waals surface area contributed by atoms with E-state index in [0.717, 1.165) is 16.7 Å². The molecule has 6 heteroatoms. The number of hydrogen-bond donors (Lipinski definition) is 1. The van der Waals surface area contributed by atoms with Gasteiger partial charge in [-0.15, -0.1) is 0 Å². The maximum Gasteiger partial charge on any atom is 0.412 e. The molecule has 0 spiro atoms. The highest BCUT2D eigenvalue weighted by molar-refractivity contribution is 6.50. The average Bonchev–Trinajstić information content (AvgIpc) is 2.90. The third-order valence-electron chi connectivity index (χ3n) is 4.76. The van der Waals surface area contributed by atoms with Crippen LogP contribution in [0.15, 0.2) is 60.3 Å². The molecule has 2 aromatic carbocycles. The van der Waals surface area contributed by atoms with Crippen molar-refractivity contribution in [1.29, 1.82) is 0 Å². The van der Waals surface area contributed by atoms with Gasteiger partial charge in [0.1, 0.15) is 5.82 Å². The standard InChI is InChI=1S/C21H24BFN2O2/c1-22(27)25-20(13-18(21(25)26)14-24(2)3)11-15-7-9-16(10-8-15)17-5-4-6-19(23)12-17/h4-10,12,14,20,27H,11,13H2,1-3H3/t20-/m1/s1. The Bertz CT molecular complexity index is 850. The third kappa shape index (κ3) is 4.39.